The standard InChI is InChI=1S/C17H24N4OS.HI/c1-17(2,22-4)12-20-16(18-3)19-10-15-21-14(11-23-15)13-8-6-5-7-9-13;/h5-9,11H,10,12H2,1-4H3,(H2,18,19,20);1H. The first-order chi connectivity index (χ1) is 11.0. The maximum absolute atomic E-state index is 5.39. The Morgan fingerprint density at radius 1 is 1.25 bits per heavy atom. The first-order valence-corrected chi connectivity index (χ1v) is 8.41. The Morgan fingerprint density at radius 2 is 1.96 bits per heavy atom. The van der Waals surface area contributed by atoms with Gasteiger partial charge in [0.25, 0.3) is 0 Å². The Balaban J connectivity index is 0.00000288. The first kappa shape index (κ1) is 20.9. The van der Waals surface area contributed by atoms with Crippen molar-refractivity contribution in [1.82, 2.24) is 15.6 Å². The molecule has 2 rings (SSSR count). The molecule has 1 heterocycles. The van der Waals surface area contributed by atoms with Crippen LogP contribution in [0.1, 0.15) is 18.9 Å². The fraction of sp³-hybridized carbons (Fsp3) is 0.412. The van der Waals surface area contributed by atoms with Gasteiger partial charge in [-0.25, -0.2) is 4.98 Å². The number of benzene rings is 1. The van der Waals surface area contributed by atoms with Crippen LogP contribution >= 0.6 is 35.3 Å². The molecular formula is C17H25IN4OS. The van der Waals surface area contributed by atoms with Gasteiger partial charge in [-0.3, -0.25) is 4.99 Å². The minimum absolute atomic E-state index is 0. The van der Waals surface area contributed by atoms with Crippen molar-refractivity contribution in [2.75, 3.05) is 20.7 Å². The highest BCUT2D eigenvalue weighted by Crippen LogP contribution is 2.21. The predicted octanol–water partition coefficient (Wildman–Crippen LogP) is 3.52. The van der Waals surface area contributed by atoms with Crippen LogP contribution in [-0.4, -0.2) is 37.2 Å². The van der Waals surface area contributed by atoms with E-state index in [1.165, 1.54) is 0 Å². The summed E-state index contributed by atoms with van der Waals surface area (Å²) in [6, 6.07) is 10.2. The van der Waals surface area contributed by atoms with Crippen LogP contribution < -0.4 is 10.6 Å². The lowest BCUT2D eigenvalue weighted by molar-refractivity contribution is 0.0268. The number of halogens is 1. The lowest BCUT2D eigenvalue weighted by atomic mass is 10.1. The second-order valence-electron chi connectivity index (χ2n) is 5.74. The van der Waals surface area contributed by atoms with E-state index in [2.05, 4.69) is 38.1 Å². The summed E-state index contributed by atoms with van der Waals surface area (Å²) in [5, 5.41) is 9.64. The van der Waals surface area contributed by atoms with E-state index in [1.807, 2.05) is 32.0 Å². The van der Waals surface area contributed by atoms with Gasteiger partial charge >= 0.3 is 0 Å². The molecular weight excluding hydrogens is 435 g/mol. The number of hydrogen-bond donors (Lipinski definition) is 2. The lowest BCUT2D eigenvalue weighted by Gasteiger charge is -2.24. The van der Waals surface area contributed by atoms with Gasteiger partial charge in [-0.15, -0.1) is 35.3 Å². The fourth-order valence-corrected chi connectivity index (χ4v) is 2.63. The molecule has 0 amide bonds. The van der Waals surface area contributed by atoms with Crippen LogP contribution in [0.15, 0.2) is 40.7 Å². The van der Waals surface area contributed by atoms with Crippen LogP contribution in [-0.2, 0) is 11.3 Å². The van der Waals surface area contributed by atoms with Crippen molar-refractivity contribution in [3.8, 4) is 11.3 Å². The summed E-state index contributed by atoms with van der Waals surface area (Å²) >= 11 is 1.64. The van der Waals surface area contributed by atoms with E-state index in [9.17, 15) is 0 Å². The Labute approximate surface area is 165 Å². The van der Waals surface area contributed by atoms with Gasteiger partial charge in [-0.05, 0) is 13.8 Å². The summed E-state index contributed by atoms with van der Waals surface area (Å²) in [4.78, 5) is 8.88. The summed E-state index contributed by atoms with van der Waals surface area (Å²) in [6.07, 6.45) is 0. The quantitative estimate of drug-likeness (QED) is 0.394. The van der Waals surface area contributed by atoms with Gasteiger partial charge < -0.3 is 15.4 Å². The number of methoxy groups -OCH3 is 1. The monoisotopic (exact) mass is 460 g/mol. The molecule has 132 valence electrons. The molecule has 0 fully saturated rings. The molecule has 0 aliphatic carbocycles. The highest BCUT2D eigenvalue weighted by atomic mass is 127. The second kappa shape index (κ2) is 9.95. The number of guanidine groups is 1. The number of thiazole rings is 1. The van der Waals surface area contributed by atoms with Gasteiger partial charge in [0.1, 0.15) is 5.01 Å². The Morgan fingerprint density at radius 3 is 2.58 bits per heavy atom. The summed E-state index contributed by atoms with van der Waals surface area (Å²) in [5.41, 5.74) is 1.91. The van der Waals surface area contributed by atoms with E-state index in [4.69, 9.17) is 4.74 Å². The van der Waals surface area contributed by atoms with Crippen molar-refractivity contribution < 1.29 is 4.74 Å². The summed E-state index contributed by atoms with van der Waals surface area (Å²) in [6.45, 7) is 5.38. The average molecular weight is 460 g/mol. The van der Waals surface area contributed by atoms with Crippen molar-refractivity contribution in [3.05, 3.63) is 40.7 Å². The minimum Gasteiger partial charge on any atom is -0.377 e. The molecule has 0 radical (unpaired) electrons. The van der Waals surface area contributed by atoms with E-state index < -0.39 is 0 Å². The molecule has 0 bridgehead atoms. The molecule has 0 saturated carbocycles. The molecule has 5 nitrogen and oxygen atoms in total. The molecule has 0 saturated heterocycles. The van der Waals surface area contributed by atoms with E-state index in [1.54, 1.807) is 25.5 Å². The fourth-order valence-electron chi connectivity index (χ4n) is 1.88. The number of nitrogens with zero attached hydrogens (tertiary/aromatic N) is 2. The Kier molecular flexibility index (Phi) is 8.65. The molecule has 1 aromatic heterocycles. The molecule has 24 heavy (non-hydrogen) atoms. The van der Waals surface area contributed by atoms with Crippen molar-refractivity contribution in [2.24, 2.45) is 4.99 Å². The zero-order valence-corrected chi connectivity index (χ0v) is 17.6. The average Bonchev–Trinajstić information content (AvgIpc) is 3.05. The van der Waals surface area contributed by atoms with Crippen LogP contribution in [0.4, 0.5) is 0 Å². The van der Waals surface area contributed by atoms with Gasteiger partial charge in [-0.1, -0.05) is 30.3 Å². The zero-order valence-electron chi connectivity index (χ0n) is 14.5. The van der Waals surface area contributed by atoms with Gasteiger partial charge in [-0.2, -0.15) is 0 Å². The molecule has 0 unspecified atom stereocenters. The molecule has 0 aliphatic rings. The van der Waals surface area contributed by atoms with Crippen LogP contribution in [0.5, 0.6) is 0 Å². The number of hydrogen-bond acceptors (Lipinski definition) is 4. The Hall–Kier alpha value is -1.19. The highest BCUT2D eigenvalue weighted by Gasteiger charge is 2.16. The van der Waals surface area contributed by atoms with E-state index in [0.29, 0.717) is 13.1 Å². The molecule has 7 heteroatoms. The second-order valence-corrected chi connectivity index (χ2v) is 6.68. The maximum atomic E-state index is 5.39. The SMILES string of the molecule is CN=C(NCc1nc(-c2ccccc2)cs1)NCC(C)(C)OC.I. The largest absolute Gasteiger partial charge is 0.377 e. The third-order valence-electron chi connectivity index (χ3n) is 3.49. The Bertz CT molecular complexity index is 643. The lowest BCUT2D eigenvalue weighted by Crippen LogP contribution is -2.45. The number of rotatable bonds is 6. The van der Waals surface area contributed by atoms with Crippen molar-refractivity contribution in [2.45, 2.75) is 26.0 Å². The smallest absolute Gasteiger partial charge is 0.191 e. The van der Waals surface area contributed by atoms with Gasteiger partial charge in [0.05, 0.1) is 17.8 Å². The van der Waals surface area contributed by atoms with Crippen LogP contribution in [0, 0.1) is 0 Å². The highest BCUT2D eigenvalue weighted by molar-refractivity contribution is 14.0. The van der Waals surface area contributed by atoms with Crippen LogP contribution in [0.2, 0.25) is 0 Å². The number of ether oxygens (including phenoxy) is 1. The van der Waals surface area contributed by atoms with Crippen LogP contribution in [0.25, 0.3) is 11.3 Å². The van der Waals surface area contributed by atoms with E-state index in [-0.39, 0.29) is 29.6 Å². The summed E-state index contributed by atoms with van der Waals surface area (Å²) in [7, 11) is 3.46. The third-order valence-corrected chi connectivity index (χ3v) is 4.33. The third kappa shape index (κ3) is 6.37. The normalized spacial score (nSPS) is 11.8. The number of aromatic nitrogens is 1. The number of nitrogens with one attached hydrogen (secondary N) is 2. The summed E-state index contributed by atoms with van der Waals surface area (Å²) < 4.78 is 5.39. The van der Waals surface area contributed by atoms with Gasteiger partial charge in [0, 0.05) is 31.6 Å². The zero-order chi connectivity index (χ0) is 16.7. The summed E-state index contributed by atoms with van der Waals surface area (Å²) in [5.74, 6) is 0.742. The predicted molar refractivity (Wildman–Crippen MR) is 112 cm³/mol. The van der Waals surface area contributed by atoms with Crippen molar-refractivity contribution >= 4 is 41.3 Å². The van der Waals surface area contributed by atoms with Crippen LogP contribution in [0.3, 0.4) is 0 Å². The minimum atomic E-state index is -0.237. The topological polar surface area (TPSA) is 58.5 Å². The number of aliphatic imine (C=N–C) groups is 1. The maximum Gasteiger partial charge on any atom is 0.191 e. The first-order valence-electron chi connectivity index (χ1n) is 7.53. The van der Waals surface area contributed by atoms with Gasteiger partial charge in [0.2, 0.25) is 0 Å². The van der Waals surface area contributed by atoms with Gasteiger partial charge in [0.15, 0.2) is 5.96 Å². The van der Waals surface area contributed by atoms with Crippen molar-refractivity contribution in [3.63, 3.8) is 0 Å². The molecule has 1 aromatic carbocycles. The molecule has 0 aliphatic heterocycles. The molecule has 0 atom stereocenters. The molecule has 2 N–H and O–H groups in total. The van der Waals surface area contributed by atoms with E-state index in [0.717, 1.165) is 22.2 Å². The van der Waals surface area contributed by atoms with Crippen molar-refractivity contribution in [1.29, 1.82) is 0 Å². The molecule has 0 spiro atoms. The van der Waals surface area contributed by atoms with E-state index >= 15 is 0 Å². The molecule has 2 aromatic rings.